The molecule has 138 valence electrons. The van der Waals surface area contributed by atoms with Gasteiger partial charge in [-0.3, -0.25) is 19.4 Å². The average molecular weight is 363 g/mol. The molecule has 0 aliphatic carbocycles. The van der Waals surface area contributed by atoms with Gasteiger partial charge in [0.1, 0.15) is 5.69 Å². The fourth-order valence-electron chi connectivity index (χ4n) is 4.08. The molecule has 7 nitrogen and oxygen atoms in total. The highest BCUT2D eigenvalue weighted by molar-refractivity contribution is 5.88. The Morgan fingerprint density at radius 2 is 2.22 bits per heavy atom. The number of hydrogen-bond donors (Lipinski definition) is 0. The number of ketones is 1. The fourth-order valence-corrected chi connectivity index (χ4v) is 4.08. The Labute approximate surface area is 156 Å². The number of Topliss-reactive ketones (excluding diaryl/α,β-unsaturated/α-hetero) is 1. The second-order valence-corrected chi connectivity index (χ2v) is 7.50. The number of carbonyl (C=O) groups excluding carboxylic acids is 1. The first-order valence-electron chi connectivity index (χ1n) is 9.27. The van der Waals surface area contributed by atoms with E-state index in [4.69, 9.17) is 4.74 Å². The van der Waals surface area contributed by atoms with Crippen molar-refractivity contribution in [2.75, 3.05) is 19.7 Å². The normalized spacial score (nSPS) is 22.0. The molecule has 2 aromatic heterocycles. The van der Waals surface area contributed by atoms with Crippen LogP contribution in [0.3, 0.4) is 0 Å². The number of carbonyl (C=O) groups is 1. The third kappa shape index (κ3) is 3.24. The highest BCUT2D eigenvalue weighted by atomic mass is 16.5. The Morgan fingerprint density at radius 1 is 1.30 bits per heavy atom. The average Bonchev–Trinajstić information content (AvgIpc) is 3.38. The standard InChI is InChI=1S/C20H21N5O2/c1-24-11-20(22-23-24)13-2-3-14-8-21-16(5-15(14)4-13)6-18(26)9-25-10-19-7-17(25)12-27-19/h2-5,8,11,17,19H,6-7,9-10,12H2,1H3/t17-,19-/m0/s1. The number of benzene rings is 1. The van der Waals surface area contributed by atoms with Crippen LogP contribution < -0.4 is 0 Å². The van der Waals surface area contributed by atoms with Crippen LogP contribution in [0.4, 0.5) is 0 Å². The molecule has 2 aliphatic heterocycles. The first kappa shape index (κ1) is 16.5. The van der Waals surface area contributed by atoms with Gasteiger partial charge in [-0.1, -0.05) is 17.3 Å². The summed E-state index contributed by atoms with van der Waals surface area (Å²) in [6, 6.07) is 8.54. The number of morpholine rings is 1. The Balaban J connectivity index is 1.33. The number of likely N-dealkylation sites (tertiary alicyclic amines) is 1. The zero-order valence-corrected chi connectivity index (χ0v) is 15.2. The summed E-state index contributed by atoms with van der Waals surface area (Å²) in [5.41, 5.74) is 2.65. The molecule has 0 radical (unpaired) electrons. The molecule has 5 rings (SSSR count). The number of aryl methyl sites for hydroxylation is 1. The summed E-state index contributed by atoms with van der Waals surface area (Å²) in [5, 5.41) is 10.3. The van der Waals surface area contributed by atoms with Crippen LogP contribution in [0.15, 0.2) is 36.7 Å². The third-order valence-electron chi connectivity index (χ3n) is 5.45. The lowest BCUT2D eigenvalue weighted by molar-refractivity contribution is -0.120. The van der Waals surface area contributed by atoms with Crippen LogP contribution >= 0.6 is 0 Å². The van der Waals surface area contributed by atoms with E-state index in [1.165, 1.54) is 0 Å². The van der Waals surface area contributed by atoms with E-state index in [2.05, 4.69) is 26.3 Å². The maximum absolute atomic E-state index is 12.5. The lowest BCUT2D eigenvalue weighted by Gasteiger charge is -2.25. The zero-order valence-electron chi connectivity index (χ0n) is 15.2. The van der Waals surface area contributed by atoms with Crippen LogP contribution in [0.2, 0.25) is 0 Å². The molecule has 2 saturated heterocycles. The van der Waals surface area contributed by atoms with Crippen molar-refractivity contribution in [2.24, 2.45) is 7.05 Å². The second kappa shape index (κ2) is 6.51. The van der Waals surface area contributed by atoms with Crippen LogP contribution in [0.1, 0.15) is 12.1 Å². The summed E-state index contributed by atoms with van der Waals surface area (Å²) < 4.78 is 7.29. The Kier molecular flexibility index (Phi) is 3.98. The van der Waals surface area contributed by atoms with E-state index in [1.807, 2.05) is 37.6 Å². The van der Waals surface area contributed by atoms with Gasteiger partial charge in [-0.15, -0.1) is 5.10 Å². The number of aromatic nitrogens is 4. The van der Waals surface area contributed by atoms with Crippen LogP contribution in [0.25, 0.3) is 22.0 Å². The Morgan fingerprint density at radius 3 is 2.96 bits per heavy atom. The molecule has 0 amide bonds. The lowest BCUT2D eigenvalue weighted by atomic mass is 10.0. The van der Waals surface area contributed by atoms with Gasteiger partial charge in [0.2, 0.25) is 0 Å². The maximum atomic E-state index is 12.5. The van der Waals surface area contributed by atoms with Crippen molar-refractivity contribution in [1.29, 1.82) is 0 Å². The molecule has 2 aliphatic rings. The lowest BCUT2D eigenvalue weighted by Crippen LogP contribution is -2.40. The topological polar surface area (TPSA) is 73.1 Å². The van der Waals surface area contributed by atoms with Gasteiger partial charge in [-0.2, -0.15) is 0 Å². The van der Waals surface area contributed by atoms with E-state index >= 15 is 0 Å². The van der Waals surface area contributed by atoms with Gasteiger partial charge in [-0.05, 0) is 23.9 Å². The fraction of sp³-hybridized carbons (Fsp3) is 0.400. The minimum atomic E-state index is 0.208. The summed E-state index contributed by atoms with van der Waals surface area (Å²) >= 11 is 0. The third-order valence-corrected chi connectivity index (χ3v) is 5.45. The first-order chi connectivity index (χ1) is 13.1. The van der Waals surface area contributed by atoms with Crippen molar-refractivity contribution in [3.05, 3.63) is 42.4 Å². The van der Waals surface area contributed by atoms with Crippen LogP contribution in [0, 0.1) is 0 Å². The van der Waals surface area contributed by atoms with Crippen molar-refractivity contribution < 1.29 is 9.53 Å². The quantitative estimate of drug-likeness (QED) is 0.686. The largest absolute Gasteiger partial charge is 0.375 e. The van der Waals surface area contributed by atoms with Gasteiger partial charge in [-0.25, -0.2) is 0 Å². The summed E-state index contributed by atoms with van der Waals surface area (Å²) in [4.78, 5) is 19.3. The maximum Gasteiger partial charge on any atom is 0.152 e. The minimum Gasteiger partial charge on any atom is -0.375 e. The van der Waals surface area contributed by atoms with E-state index < -0.39 is 0 Å². The highest BCUT2D eigenvalue weighted by Crippen LogP contribution is 2.27. The van der Waals surface area contributed by atoms with Crippen LogP contribution in [-0.4, -0.2) is 62.5 Å². The van der Waals surface area contributed by atoms with Crippen molar-refractivity contribution in [3.63, 3.8) is 0 Å². The predicted octanol–water partition coefficient (Wildman–Crippen LogP) is 1.61. The molecule has 0 unspecified atom stereocenters. The second-order valence-electron chi connectivity index (χ2n) is 7.50. The molecule has 3 aromatic rings. The van der Waals surface area contributed by atoms with Crippen LogP contribution in [-0.2, 0) is 23.0 Å². The minimum absolute atomic E-state index is 0.208. The molecule has 2 atom stereocenters. The molecule has 2 fully saturated rings. The van der Waals surface area contributed by atoms with Crippen LogP contribution in [0.5, 0.6) is 0 Å². The molecular formula is C20H21N5O2. The van der Waals surface area contributed by atoms with E-state index in [1.54, 1.807) is 4.68 Å². The smallest absolute Gasteiger partial charge is 0.152 e. The van der Waals surface area contributed by atoms with Crippen molar-refractivity contribution in [2.45, 2.75) is 25.0 Å². The Bertz CT molecular complexity index is 1010. The molecule has 0 saturated carbocycles. The molecule has 2 bridgehead atoms. The van der Waals surface area contributed by atoms with Gasteiger partial charge in [0.25, 0.3) is 0 Å². The number of rotatable bonds is 5. The molecule has 4 heterocycles. The molecule has 1 aromatic carbocycles. The SMILES string of the molecule is Cn1cc(-c2ccc3cnc(CC(=O)CN4C[C@@H]5C[C@H]4CO5)cc3c2)nn1. The van der Waals surface area contributed by atoms with Gasteiger partial charge >= 0.3 is 0 Å². The van der Waals surface area contributed by atoms with Crippen molar-refractivity contribution >= 4 is 16.6 Å². The summed E-state index contributed by atoms with van der Waals surface area (Å²) in [7, 11) is 1.85. The Hall–Kier alpha value is -2.64. The monoisotopic (exact) mass is 363 g/mol. The number of nitrogens with zero attached hydrogens (tertiary/aromatic N) is 5. The van der Waals surface area contributed by atoms with Gasteiger partial charge in [0, 0.05) is 42.5 Å². The number of pyridine rings is 1. The van der Waals surface area contributed by atoms with E-state index in [0.29, 0.717) is 25.1 Å². The zero-order chi connectivity index (χ0) is 18.4. The van der Waals surface area contributed by atoms with Gasteiger partial charge in [0.05, 0.1) is 31.9 Å². The van der Waals surface area contributed by atoms with E-state index in [-0.39, 0.29) is 5.78 Å². The first-order valence-corrected chi connectivity index (χ1v) is 9.27. The van der Waals surface area contributed by atoms with Crippen molar-refractivity contribution in [1.82, 2.24) is 24.9 Å². The summed E-state index contributed by atoms with van der Waals surface area (Å²) in [6.45, 7) is 2.13. The summed E-state index contributed by atoms with van der Waals surface area (Å²) in [6.07, 6.45) is 5.47. The molecule has 27 heavy (non-hydrogen) atoms. The van der Waals surface area contributed by atoms with E-state index in [9.17, 15) is 4.79 Å². The van der Waals surface area contributed by atoms with Crippen molar-refractivity contribution in [3.8, 4) is 11.3 Å². The molecule has 0 N–H and O–H groups in total. The number of ether oxygens (including phenoxy) is 1. The van der Waals surface area contributed by atoms with Gasteiger partial charge in [0.15, 0.2) is 5.78 Å². The van der Waals surface area contributed by atoms with E-state index in [0.717, 1.165) is 47.3 Å². The molecule has 7 heteroatoms. The summed E-state index contributed by atoms with van der Waals surface area (Å²) in [5.74, 6) is 0.208. The number of hydrogen-bond acceptors (Lipinski definition) is 6. The predicted molar refractivity (Wildman–Crippen MR) is 100 cm³/mol. The molecular weight excluding hydrogens is 342 g/mol. The van der Waals surface area contributed by atoms with Gasteiger partial charge < -0.3 is 4.74 Å². The molecule has 0 spiro atoms. The highest BCUT2D eigenvalue weighted by Gasteiger charge is 2.39. The number of fused-ring (bicyclic) bond motifs is 3.